The minimum atomic E-state index is -2.82. The monoisotopic (exact) mass is 347 g/mol. The summed E-state index contributed by atoms with van der Waals surface area (Å²) in [6, 6.07) is 12.0. The molecule has 4 nitrogen and oxygen atoms in total. The van der Waals surface area contributed by atoms with Gasteiger partial charge in [0, 0.05) is 12.6 Å². The molecule has 2 aromatic rings. The lowest BCUT2D eigenvalue weighted by molar-refractivity contribution is -0.0499. The first-order valence-electron chi connectivity index (χ1n) is 8.16. The lowest BCUT2D eigenvalue weighted by Crippen LogP contribution is -2.25. The number of carbonyl (C=O) groups is 1. The minimum absolute atomic E-state index is 0.109. The maximum Gasteiger partial charge on any atom is 0.387 e. The van der Waals surface area contributed by atoms with Gasteiger partial charge in [-0.15, -0.1) is 0 Å². The van der Waals surface area contributed by atoms with E-state index in [1.165, 1.54) is 0 Å². The lowest BCUT2D eigenvalue weighted by Gasteiger charge is -2.27. The topological polar surface area (TPSA) is 58.6 Å². The molecular weight excluding hydrogens is 328 g/mol. The van der Waals surface area contributed by atoms with E-state index >= 15 is 0 Å². The molecule has 0 bridgehead atoms. The van der Waals surface area contributed by atoms with E-state index in [0.29, 0.717) is 6.54 Å². The van der Waals surface area contributed by atoms with Gasteiger partial charge in [-0.25, -0.2) is 4.79 Å². The first-order chi connectivity index (χ1) is 12.0. The normalized spacial score (nSPS) is 16.5. The number of carboxylic acid groups (broad SMARTS) is 1. The molecule has 0 spiro atoms. The van der Waals surface area contributed by atoms with Gasteiger partial charge in [-0.1, -0.05) is 18.2 Å². The maximum absolute atomic E-state index is 12.4. The molecule has 3 rings (SSSR count). The summed E-state index contributed by atoms with van der Waals surface area (Å²) in [6.45, 7) is -2.28. The number of aromatic carboxylic acids is 1. The molecule has 1 unspecified atom stereocenters. The van der Waals surface area contributed by atoms with Crippen molar-refractivity contribution in [2.45, 2.75) is 38.5 Å². The maximum atomic E-state index is 12.4. The van der Waals surface area contributed by atoms with Crippen LogP contribution in [-0.4, -0.2) is 17.7 Å². The van der Waals surface area contributed by atoms with Crippen molar-refractivity contribution >= 4 is 5.97 Å². The number of hydrogen-bond acceptors (Lipinski definition) is 3. The largest absolute Gasteiger partial charge is 0.478 e. The predicted octanol–water partition coefficient (Wildman–Crippen LogP) is 4.15. The zero-order valence-electron chi connectivity index (χ0n) is 13.5. The van der Waals surface area contributed by atoms with Gasteiger partial charge in [-0.2, -0.15) is 8.78 Å². The molecular formula is C19H19F2NO3. The molecule has 0 radical (unpaired) electrons. The van der Waals surface area contributed by atoms with Crippen LogP contribution in [0, 0.1) is 0 Å². The number of benzene rings is 2. The van der Waals surface area contributed by atoms with Gasteiger partial charge in [0.25, 0.3) is 0 Å². The van der Waals surface area contributed by atoms with Crippen molar-refractivity contribution in [3.63, 3.8) is 0 Å². The van der Waals surface area contributed by atoms with Gasteiger partial charge in [0.2, 0.25) is 0 Å². The van der Waals surface area contributed by atoms with Crippen molar-refractivity contribution in [3.05, 3.63) is 64.7 Å². The Bertz CT molecular complexity index is 764. The Hall–Kier alpha value is -2.47. The molecule has 0 aliphatic heterocycles. The highest BCUT2D eigenvalue weighted by molar-refractivity contribution is 5.87. The Morgan fingerprint density at radius 1 is 1.28 bits per heavy atom. The van der Waals surface area contributed by atoms with Gasteiger partial charge < -0.3 is 15.2 Å². The van der Waals surface area contributed by atoms with E-state index in [4.69, 9.17) is 5.11 Å². The number of halogens is 2. The molecule has 25 heavy (non-hydrogen) atoms. The molecule has 2 N–H and O–H groups in total. The molecule has 2 aromatic carbocycles. The molecule has 0 saturated heterocycles. The van der Waals surface area contributed by atoms with Crippen LogP contribution in [0.1, 0.15) is 45.9 Å². The van der Waals surface area contributed by atoms with E-state index in [2.05, 4.69) is 10.1 Å². The molecule has 1 aliphatic carbocycles. The Morgan fingerprint density at radius 3 is 2.88 bits per heavy atom. The van der Waals surface area contributed by atoms with Crippen molar-refractivity contribution in [1.29, 1.82) is 0 Å². The number of rotatable bonds is 6. The van der Waals surface area contributed by atoms with Crippen molar-refractivity contribution in [2.24, 2.45) is 0 Å². The van der Waals surface area contributed by atoms with Crippen molar-refractivity contribution in [3.8, 4) is 5.75 Å². The van der Waals surface area contributed by atoms with Crippen LogP contribution >= 0.6 is 0 Å². The summed E-state index contributed by atoms with van der Waals surface area (Å²) < 4.78 is 29.2. The molecule has 0 heterocycles. The second kappa shape index (κ2) is 7.61. The van der Waals surface area contributed by atoms with E-state index in [1.807, 2.05) is 12.1 Å². The van der Waals surface area contributed by atoms with E-state index in [9.17, 15) is 13.6 Å². The fraction of sp³-hybridized carbons (Fsp3) is 0.316. The summed E-state index contributed by atoms with van der Waals surface area (Å²) in [5, 5.41) is 12.5. The third-order valence-electron chi connectivity index (χ3n) is 4.38. The minimum Gasteiger partial charge on any atom is -0.478 e. The lowest BCUT2D eigenvalue weighted by atomic mass is 9.87. The molecule has 0 aromatic heterocycles. The number of alkyl halides is 2. The number of hydrogen-bond donors (Lipinski definition) is 2. The van der Waals surface area contributed by atoms with Gasteiger partial charge in [0.1, 0.15) is 5.75 Å². The number of aryl methyl sites for hydroxylation is 1. The number of fused-ring (bicyclic) bond motifs is 1. The summed E-state index contributed by atoms with van der Waals surface area (Å²) >= 11 is 0. The van der Waals surface area contributed by atoms with Crippen LogP contribution in [0.5, 0.6) is 5.75 Å². The Balaban J connectivity index is 1.71. The quantitative estimate of drug-likeness (QED) is 0.824. The van der Waals surface area contributed by atoms with Gasteiger partial charge in [0.05, 0.1) is 5.56 Å². The van der Waals surface area contributed by atoms with E-state index in [0.717, 1.165) is 36.0 Å². The standard InChI is InChI=1S/C19H19F2NO3/c20-19(21)25-15-7-8-16-13(10-15)4-2-6-17(16)22-11-12-3-1-5-14(9-12)18(23)24/h1,3,5,7-10,17,19,22H,2,4,6,11H2,(H,23,24). The van der Waals surface area contributed by atoms with E-state index < -0.39 is 12.6 Å². The highest BCUT2D eigenvalue weighted by Crippen LogP contribution is 2.32. The Labute approximate surface area is 144 Å². The Morgan fingerprint density at radius 2 is 2.12 bits per heavy atom. The van der Waals surface area contributed by atoms with Gasteiger partial charge in [-0.05, 0) is 60.2 Å². The van der Waals surface area contributed by atoms with Gasteiger partial charge >= 0.3 is 12.6 Å². The summed E-state index contributed by atoms with van der Waals surface area (Å²) in [6.07, 6.45) is 2.74. The molecule has 132 valence electrons. The molecule has 1 aliphatic rings. The summed E-state index contributed by atoms with van der Waals surface area (Å²) in [5.41, 5.74) is 3.25. The SMILES string of the molecule is O=C(O)c1cccc(CNC2CCCc3cc(OC(F)F)ccc32)c1. The van der Waals surface area contributed by atoms with Crippen LogP contribution in [0.15, 0.2) is 42.5 Å². The first-order valence-corrected chi connectivity index (χ1v) is 8.16. The zero-order valence-corrected chi connectivity index (χ0v) is 13.5. The van der Waals surface area contributed by atoms with Gasteiger partial charge in [0.15, 0.2) is 0 Å². The van der Waals surface area contributed by atoms with E-state index in [-0.39, 0.29) is 17.4 Å². The second-order valence-corrected chi connectivity index (χ2v) is 6.07. The van der Waals surface area contributed by atoms with Crippen molar-refractivity contribution < 1.29 is 23.4 Å². The van der Waals surface area contributed by atoms with Crippen molar-refractivity contribution in [1.82, 2.24) is 5.32 Å². The first kappa shape index (κ1) is 17.4. The van der Waals surface area contributed by atoms with E-state index in [1.54, 1.807) is 30.3 Å². The van der Waals surface area contributed by atoms with Crippen LogP contribution in [0.2, 0.25) is 0 Å². The average Bonchev–Trinajstić information content (AvgIpc) is 2.59. The fourth-order valence-electron chi connectivity index (χ4n) is 3.23. The van der Waals surface area contributed by atoms with Crippen LogP contribution in [0.3, 0.4) is 0 Å². The zero-order chi connectivity index (χ0) is 17.8. The molecule has 0 fully saturated rings. The van der Waals surface area contributed by atoms with Gasteiger partial charge in [-0.3, -0.25) is 0 Å². The second-order valence-electron chi connectivity index (χ2n) is 6.07. The third kappa shape index (κ3) is 4.33. The van der Waals surface area contributed by atoms with Crippen molar-refractivity contribution in [2.75, 3.05) is 0 Å². The molecule has 0 amide bonds. The molecule has 6 heteroatoms. The highest BCUT2D eigenvalue weighted by atomic mass is 19.3. The molecule has 1 atom stereocenters. The Kier molecular flexibility index (Phi) is 5.28. The van der Waals surface area contributed by atoms with Crippen LogP contribution in [0.4, 0.5) is 8.78 Å². The number of nitrogens with one attached hydrogen (secondary N) is 1. The average molecular weight is 347 g/mol. The smallest absolute Gasteiger partial charge is 0.387 e. The fourth-order valence-corrected chi connectivity index (χ4v) is 3.23. The third-order valence-corrected chi connectivity index (χ3v) is 4.38. The molecule has 0 saturated carbocycles. The highest BCUT2D eigenvalue weighted by Gasteiger charge is 2.21. The summed E-state index contributed by atoms with van der Waals surface area (Å²) in [5.74, 6) is -0.764. The van der Waals surface area contributed by atoms with Crippen LogP contribution in [0.25, 0.3) is 0 Å². The number of carboxylic acids is 1. The van der Waals surface area contributed by atoms with Crippen LogP contribution in [-0.2, 0) is 13.0 Å². The van der Waals surface area contributed by atoms with Crippen LogP contribution < -0.4 is 10.1 Å². The number of ether oxygens (including phenoxy) is 1. The summed E-state index contributed by atoms with van der Waals surface area (Å²) in [7, 11) is 0. The summed E-state index contributed by atoms with van der Waals surface area (Å²) in [4.78, 5) is 11.0. The predicted molar refractivity (Wildman–Crippen MR) is 89.0 cm³/mol.